The van der Waals surface area contributed by atoms with Crippen LogP contribution in [0.4, 0.5) is 0 Å². The molecule has 0 spiro atoms. The van der Waals surface area contributed by atoms with E-state index in [1.54, 1.807) is 50.1 Å². The van der Waals surface area contributed by atoms with Crippen molar-refractivity contribution in [1.29, 1.82) is 0 Å². The fourth-order valence-corrected chi connectivity index (χ4v) is 2.19. The fraction of sp³-hybridized carbons (Fsp3) is 0.333. The third-order valence-corrected chi connectivity index (χ3v) is 3.47. The van der Waals surface area contributed by atoms with E-state index in [1.165, 1.54) is 0 Å². The molecule has 4 heterocycles. The van der Waals surface area contributed by atoms with Gasteiger partial charge in [-0.15, -0.1) is 0 Å². The summed E-state index contributed by atoms with van der Waals surface area (Å²) in [5, 5.41) is 0. The molecule has 0 aliphatic carbocycles. The normalized spacial score (nSPS) is 7.58. The molecule has 4 aromatic heterocycles. The first-order valence-electron chi connectivity index (χ1n) is 12.5. The second-order valence-corrected chi connectivity index (χ2v) is 5.36. The predicted octanol–water partition coefficient (Wildman–Crippen LogP) is 9.32. The number of para-hydroxylation sites is 4. The Morgan fingerprint density at radius 1 is 0.474 bits per heavy atom. The van der Waals surface area contributed by atoms with Crippen molar-refractivity contribution in [3.8, 4) is 0 Å². The molecular formula is C30H52N8. The molecule has 0 saturated heterocycles. The highest BCUT2D eigenvalue weighted by molar-refractivity contribution is 5.74. The van der Waals surface area contributed by atoms with Gasteiger partial charge in [-0.1, -0.05) is 94.5 Å². The summed E-state index contributed by atoms with van der Waals surface area (Å²) in [4.78, 5) is 27.0. The lowest BCUT2D eigenvalue weighted by molar-refractivity contribution is 1.31. The Morgan fingerprint density at radius 3 is 1.05 bits per heavy atom. The molecule has 0 bridgehead atoms. The first-order valence-corrected chi connectivity index (χ1v) is 12.5. The van der Waals surface area contributed by atoms with E-state index in [-0.39, 0.29) is 14.9 Å². The van der Waals surface area contributed by atoms with Gasteiger partial charge < -0.3 is 19.9 Å². The van der Waals surface area contributed by atoms with Gasteiger partial charge in [-0.3, -0.25) is 0 Å². The number of nitrogens with zero attached hydrogens (tertiary/aromatic N) is 4. The second kappa shape index (κ2) is 32.8. The Hall–Kier alpha value is -4.20. The summed E-state index contributed by atoms with van der Waals surface area (Å²) in [5.41, 5.74) is 4.24. The van der Waals surface area contributed by atoms with Crippen LogP contribution in [0.15, 0.2) is 98.6 Å². The summed E-state index contributed by atoms with van der Waals surface area (Å²) in [7, 11) is 0. The highest BCUT2D eigenvalue weighted by atomic mass is 14.9. The molecule has 212 valence electrons. The van der Waals surface area contributed by atoms with Crippen LogP contribution in [0.2, 0.25) is 0 Å². The SMILES string of the molecule is C.C.CC.CC.CC.CC.c1c[nH]cn1.c1c[nH]cn1.c1ccc2[nH]cnc2c1.c1ccc2[nH]cnc2c1. The molecule has 38 heavy (non-hydrogen) atoms. The molecule has 6 aromatic rings. The zero-order valence-electron chi connectivity index (χ0n) is 23.0. The van der Waals surface area contributed by atoms with Gasteiger partial charge in [0.25, 0.3) is 0 Å². The fourth-order valence-electron chi connectivity index (χ4n) is 2.19. The summed E-state index contributed by atoms with van der Waals surface area (Å²) in [6.07, 6.45) is 13.6. The number of fused-ring (bicyclic) bond motifs is 2. The highest BCUT2D eigenvalue weighted by Crippen LogP contribution is 2.06. The maximum Gasteiger partial charge on any atom is 0.0931 e. The number of H-pyrrole nitrogens is 4. The summed E-state index contributed by atoms with van der Waals surface area (Å²) in [5.74, 6) is 0. The predicted molar refractivity (Wildman–Crippen MR) is 168 cm³/mol. The molecular weight excluding hydrogens is 472 g/mol. The number of benzene rings is 2. The molecule has 2 aromatic carbocycles. The second-order valence-electron chi connectivity index (χ2n) is 5.36. The van der Waals surface area contributed by atoms with Gasteiger partial charge in [-0.25, -0.2) is 19.9 Å². The van der Waals surface area contributed by atoms with Crippen molar-refractivity contribution in [2.75, 3.05) is 0 Å². The van der Waals surface area contributed by atoms with E-state index in [1.807, 2.05) is 104 Å². The lowest BCUT2D eigenvalue weighted by atomic mass is 10.3. The highest BCUT2D eigenvalue weighted by Gasteiger charge is 1.89. The quantitative estimate of drug-likeness (QED) is 0.158. The van der Waals surface area contributed by atoms with Gasteiger partial charge in [0, 0.05) is 24.8 Å². The Morgan fingerprint density at radius 2 is 0.816 bits per heavy atom. The van der Waals surface area contributed by atoms with Crippen LogP contribution in [0, 0.1) is 0 Å². The third-order valence-electron chi connectivity index (χ3n) is 3.47. The Balaban J connectivity index is -0.000000188. The van der Waals surface area contributed by atoms with Crippen LogP contribution < -0.4 is 0 Å². The van der Waals surface area contributed by atoms with Crippen LogP contribution in [0.3, 0.4) is 0 Å². The first-order chi connectivity index (χ1) is 17.9. The molecule has 0 fully saturated rings. The van der Waals surface area contributed by atoms with Gasteiger partial charge in [-0.2, -0.15) is 0 Å². The molecule has 6 rings (SSSR count). The van der Waals surface area contributed by atoms with E-state index in [2.05, 4.69) is 39.9 Å². The molecule has 4 N–H and O–H groups in total. The maximum atomic E-state index is 4.06. The van der Waals surface area contributed by atoms with E-state index in [9.17, 15) is 0 Å². The van der Waals surface area contributed by atoms with Crippen LogP contribution in [-0.2, 0) is 0 Å². The Labute approximate surface area is 230 Å². The zero-order chi connectivity index (χ0) is 27.3. The largest absolute Gasteiger partial charge is 0.351 e. The number of aromatic amines is 4. The van der Waals surface area contributed by atoms with E-state index in [4.69, 9.17) is 0 Å². The zero-order valence-corrected chi connectivity index (χ0v) is 23.0. The van der Waals surface area contributed by atoms with Gasteiger partial charge in [0.05, 0.1) is 47.4 Å². The van der Waals surface area contributed by atoms with E-state index >= 15 is 0 Å². The monoisotopic (exact) mass is 524 g/mol. The van der Waals surface area contributed by atoms with E-state index < -0.39 is 0 Å². The Kier molecular flexibility index (Phi) is 35.3. The number of aromatic nitrogens is 8. The van der Waals surface area contributed by atoms with Crippen molar-refractivity contribution >= 4 is 22.1 Å². The molecule has 0 aliphatic rings. The lowest BCUT2D eigenvalue weighted by Crippen LogP contribution is -1.63. The molecule has 0 radical (unpaired) electrons. The number of nitrogens with one attached hydrogen (secondary N) is 4. The Bertz CT molecular complexity index is 940. The average Bonchev–Trinajstić information content (AvgIpc) is 3.81. The minimum Gasteiger partial charge on any atom is -0.351 e. The summed E-state index contributed by atoms with van der Waals surface area (Å²) >= 11 is 0. The topological polar surface area (TPSA) is 115 Å². The molecule has 8 heteroatoms. The van der Waals surface area contributed by atoms with Gasteiger partial charge in [0.15, 0.2) is 0 Å². The van der Waals surface area contributed by atoms with Crippen molar-refractivity contribution in [3.63, 3.8) is 0 Å². The number of hydrogen-bond donors (Lipinski definition) is 4. The van der Waals surface area contributed by atoms with Crippen molar-refractivity contribution < 1.29 is 0 Å². The molecule has 0 saturated carbocycles. The minimum atomic E-state index is 0. The van der Waals surface area contributed by atoms with Crippen molar-refractivity contribution in [3.05, 3.63) is 98.6 Å². The summed E-state index contributed by atoms with van der Waals surface area (Å²) < 4.78 is 0. The lowest BCUT2D eigenvalue weighted by Gasteiger charge is -1.81. The number of imidazole rings is 4. The van der Waals surface area contributed by atoms with Crippen LogP contribution in [-0.4, -0.2) is 39.9 Å². The van der Waals surface area contributed by atoms with Gasteiger partial charge >= 0.3 is 0 Å². The smallest absolute Gasteiger partial charge is 0.0931 e. The number of rotatable bonds is 0. The van der Waals surface area contributed by atoms with Gasteiger partial charge in [-0.05, 0) is 24.3 Å². The average molecular weight is 525 g/mol. The standard InChI is InChI=1S/2C7H6N2.2C3H4N2.4C2H6.2CH4/c2*1-2-4-7-6(3-1)8-5-9-7;2*1-2-5-3-4-1;4*1-2;;/h2*1-5H,(H,8,9);2*1-3H,(H,4,5);4*1-2H3;2*1H4. The van der Waals surface area contributed by atoms with E-state index in [0.29, 0.717) is 0 Å². The molecule has 0 atom stereocenters. The molecule has 0 amide bonds. The van der Waals surface area contributed by atoms with Gasteiger partial charge in [0.2, 0.25) is 0 Å². The number of hydrogen-bond acceptors (Lipinski definition) is 4. The first kappa shape index (κ1) is 40.9. The van der Waals surface area contributed by atoms with Crippen molar-refractivity contribution in [2.45, 2.75) is 70.2 Å². The third kappa shape index (κ3) is 19.0. The van der Waals surface area contributed by atoms with Gasteiger partial charge in [0.1, 0.15) is 0 Å². The molecule has 0 aliphatic heterocycles. The summed E-state index contributed by atoms with van der Waals surface area (Å²) in [6, 6.07) is 15.9. The maximum absolute atomic E-state index is 4.06. The van der Waals surface area contributed by atoms with Crippen LogP contribution >= 0.6 is 0 Å². The minimum absolute atomic E-state index is 0. The van der Waals surface area contributed by atoms with Crippen LogP contribution in [0.1, 0.15) is 70.2 Å². The molecule has 0 unspecified atom stereocenters. The summed E-state index contributed by atoms with van der Waals surface area (Å²) in [6.45, 7) is 16.0. The van der Waals surface area contributed by atoms with E-state index in [0.717, 1.165) is 22.1 Å². The molecule has 8 nitrogen and oxygen atoms in total. The van der Waals surface area contributed by atoms with Crippen LogP contribution in [0.25, 0.3) is 22.1 Å². The van der Waals surface area contributed by atoms with Crippen LogP contribution in [0.5, 0.6) is 0 Å². The van der Waals surface area contributed by atoms with Crippen molar-refractivity contribution in [2.24, 2.45) is 0 Å². The van der Waals surface area contributed by atoms with Crippen molar-refractivity contribution in [1.82, 2.24) is 39.9 Å².